The van der Waals surface area contributed by atoms with E-state index in [2.05, 4.69) is 27.1 Å². The van der Waals surface area contributed by atoms with Crippen LogP contribution < -0.4 is 5.73 Å². The van der Waals surface area contributed by atoms with Crippen molar-refractivity contribution >= 4 is 35.1 Å². The first-order valence-electron chi connectivity index (χ1n) is 7.24. The molecule has 0 aromatic carbocycles. The van der Waals surface area contributed by atoms with Gasteiger partial charge in [0.05, 0.1) is 5.69 Å². The molecule has 6 heteroatoms. The summed E-state index contributed by atoms with van der Waals surface area (Å²) in [5.41, 5.74) is 8.15. The number of hydrogen-bond acceptors (Lipinski definition) is 5. The number of nitrogens with two attached hydrogens (primary N) is 1. The summed E-state index contributed by atoms with van der Waals surface area (Å²) in [4.78, 5) is 7.31. The van der Waals surface area contributed by atoms with Gasteiger partial charge in [0, 0.05) is 29.4 Å². The molecule has 1 aliphatic rings. The van der Waals surface area contributed by atoms with E-state index in [4.69, 9.17) is 10.7 Å². The zero-order chi connectivity index (χ0) is 13.8. The third-order valence-electron chi connectivity index (χ3n) is 3.88. The summed E-state index contributed by atoms with van der Waals surface area (Å²) in [6, 6.07) is 2.14. The maximum Gasteiger partial charge on any atom is 0.124 e. The van der Waals surface area contributed by atoms with Crippen LogP contribution in [0.4, 0.5) is 0 Å². The van der Waals surface area contributed by atoms with Crippen molar-refractivity contribution in [2.75, 3.05) is 19.6 Å². The first-order valence-corrected chi connectivity index (χ1v) is 9.07. The van der Waals surface area contributed by atoms with Crippen LogP contribution in [0.5, 0.6) is 0 Å². The largest absolute Gasteiger partial charge is 0.330 e. The molecule has 1 atom stereocenters. The summed E-state index contributed by atoms with van der Waals surface area (Å²) in [5.74, 6) is 0.781. The van der Waals surface area contributed by atoms with Gasteiger partial charge in [0.25, 0.3) is 0 Å². The number of aromatic nitrogens is 1. The van der Waals surface area contributed by atoms with Gasteiger partial charge in [-0.15, -0.1) is 23.7 Å². The van der Waals surface area contributed by atoms with E-state index in [1.165, 1.54) is 37.2 Å². The smallest absolute Gasteiger partial charge is 0.124 e. The number of likely N-dealkylation sites (tertiary alicyclic amines) is 1. The normalized spacial score (nSPS) is 19.4. The van der Waals surface area contributed by atoms with Crippen LogP contribution >= 0.6 is 35.1 Å². The van der Waals surface area contributed by atoms with E-state index in [9.17, 15) is 0 Å². The maximum atomic E-state index is 5.69. The Morgan fingerprint density at radius 1 is 1.38 bits per heavy atom. The molecule has 2 aromatic heterocycles. The van der Waals surface area contributed by atoms with Crippen LogP contribution in [0.1, 0.15) is 25.0 Å². The topological polar surface area (TPSA) is 42.1 Å². The van der Waals surface area contributed by atoms with Gasteiger partial charge in [0.2, 0.25) is 0 Å². The second-order valence-corrected chi connectivity index (χ2v) is 7.11. The third kappa shape index (κ3) is 4.50. The molecule has 0 spiro atoms. The van der Waals surface area contributed by atoms with E-state index in [-0.39, 0.29) is 12.4 Å². The SMILES string of the molecule is Cl.NCCC1CCCN(Cc2csc(-c3ccsc3)n2)C1. The molecule has 0 saturated carbocycles. The molecule has 3 heterocycles. The zero-order valence-corrected chi connectivity index (χ0v) is 14.5. The van der Waals surface area contributed by atoms with Gasteiger partial charge in [-0.1, -0.05) is 0 Å². The predicted octanol–water partition coefficient (Wildman–Crippen LogP) is 3.85. The van der Waals surface area contributed by atoms with Gasteiger partial charge < -0.3 is 5.73 Å². The molecule has 0 aliphatic carbocycles. The van der Waals surface area contributed by atoms with Crippen LogP contribution in [0, 0.1) is 5.92 Å². The number of halogens is 1. The van der Waals surface area contributed by atoms with Crippen molar-refractivity contribution in [3.63, 3.8) is 0 Å². The van der Waals surface area contributed by atoms with Crippen LogP contribution in [-0.2, 0) is 6.54 Å². The number of thiophene rings is 1. The molecular formula is C15H22ClN3S2. The van der Waals surface area contributed by atoms with Crippen molar-refractivity contribution in [2.45, 2.75) is 25.8 Å². The number of piperidine rings is 1. The molecule has 21 heavy (non-hydrogen) atoms. The minimum atomic E-state index is 0. The molecule has 3 nitrogen and oxygen atoms in total. The minimum Gasteiger partial charge on any atom is -0.330 e. The lowest BCUT2D eigenvalue weighted by Crippen LogP contribution is -2.35. The predicted molar refractivity (Wildman–Crippen MR) is 94.3 cm³/mol. The highest BCUT2D eigenvalue weighted by Gasteiger charge is 2.20. The van der Waals surface area contributed by atoms with Crippen molar-refractivity contribution in [3.8, 4) is 10.6 Å². The average molecular weight is 344 g/mol. The lowest BCUT2D eigenvalue weighted by atomic mass is 9.95. The van der Waals surface area contributed by atoms with Crippen LogP contribution in [0.3, 0.4) is 0 Å². The molecule has 1 unspecified atom stereocenters. The fourth-order valence-electron chi connectivity index (χ4n) is 2.89. The van der Waals surface area contributed by atoms with Gasteiger partial charge in [-0.2, -0.15) is 11.3 Å². The molecule has 2 N–H and O–H groups in total. The quantitative estimate of drug-likeness (QED) is 0.896. The Kier molecular flexibility index (Phi) is 6.64. The van der Waals surface area contributed by atoms with Crippen molar-refractivity contribution in [3.05, 3.63) is 27.9 Å². The molecular weight excluding hydrogens is 322 g/mol. The summed E-state index contributed by atoms with van der Waals surface area (Å²) in [7, 11) is 0. The van der Waals surface area contributed by atoms with Crippen molar-refractivity contribution in [1.29, 1.82) is 0 Å². The van der Waals surface area contributed by atoms with E-state index >= 15 is 0 Å². The fourth-order valence-corrected chi connectivity index (χ4v) is 4.42. The van der Waals surface area contributed by atoms with E-state index in [0.29, 0.717) is 0 Å². The van der Waals surface area contributed by atoms with E-state index in [0.717, 1.165) is 30.4 Å². The lowest BCUT2D eigenvalue weighted by molar-refractivity contribution is 0.162. The second-order valence-electron chi connectivity index (χ2n) is 5.48. The van der Waals surface area contributed by atoms with Crippen LogP contribution in [0.15, 0.2) is 22.2 Å². The Bertz CT molecular complexity index is 525. The van der Waals surface area contributed by atoms with Crippen molar-refractivity contribution in [2.24, 2.45) is 11.7 Å². The number of rotatable bonds is 5. The monoisotopic (exact) mass is 343 g/mol. The molecule has 116 valence electrons. The number of nitrogens with zero attached hydrogens (tertiary/aromatic N) is 2. The molecule has 1 fully saturated rings. The Morgan fingerprint density at radius 3 is 3.05 bits per heavy atom. The van der Waals surface area contributed by atoms with Gasteiger partial charge in [0.15, 0.2) is 0 Å². The molecule has 1 aliphatic heterocycles. The Hall–Kier alpha value is -0.460. The highest BCUT2D eigenvalue weighted by Crippen LogP contribution is 2.27. The van der Waals surface area contributed by atoms with Crippen LogP contribution in [0.25, 0.3) is 10.6 Å². The summed E-state index contributed by atoms with van der Waals surface area (Å²) in [5, 5.41) is 7.63. The van der Waals surface area contributed by atoms with E-state index < -0.39 is 0 Å². The summed E-state index contributed by atoms with van der Waals surface area (Å²) in [6.07, 6.45) is 3.80. The molecule has 0 radical (unpaired) electrons. The Balaban J connectivity index is 0.00000161. The summed E-state index contributed by atoms with van der Waals surface area (Å²) in [6.45, 7) is 4.19. The van der Waals surface area contributed by atoms with Gasteiger partial charge >= 0.3 is 0 Å². The molecule has 0 bridgehead atoms. The molecule has 3 rings (SSSR count). The minimum absolute atomic E-state index is 0. The third-order valence-corrected chi connectivity index (χ3v) is 5.51. The summed E-state index contributed by atoms with van der Waals surface area (Å²) < 4.78 is 0. The molecule has 2 aromatic rings. The summed E-state index contributed by atoms with van der Waals surface area (Å²) >= 11 is 3.49. The lowest BCUT2D eigenvalue weighted by Gasteiger charge is -2.32. The number of thiazole rings is 1. The van der Waals surface area contributed by atoms with Gasteiger partial charge in [-0.25, -0.2) is 4.98 Å². The Labute approximate surface area is 140 Å². The first kappa shape index (κ1) is 16.9. The van der Waals surface area contributed by atoms with E-state index in [1.54, 1.807) is 22.7 Å². The van der Waals surface area contributed by atoms with Gasteiger partial charge in [-0.3, -0.25) is 4.90 Å². The first-order chi connectivity index (χ1) is 9.85. The fraction of sp³-hybridized carbons (Fsp3) is 0.533. The molecule has 1 saturated heterocycles. The molecule has 0 amide bonds. The second kappa shape index (κ2) is 8.25. The van der Waals surface area contributed by atoms with Crippen molar-refractivity contribution in [1.82, 2.24) is 9.88 Å². The number of hydrogen-bond donors (Lipinski definition) is 1. The standard InChI is InChI=1S/C15H21N3S2.ClH/c16-5-3-12-2-1-6-18(8-12)9-14-11-20-15(17-14)13-4-7-19-10-13;/h4,7,10-12H,1-3,5-6,8-9,16H2;1H. The zero-order valence-electron chi connectivity index (χ0n) is 12.0. The highest BCUT2D eigenvalue weighted by molar-refractivity contribution is 7.14. The van der Waals surface area contributed by atoms with Crippen LogP contribution in [0.2, 0.25) is 0 Å². The van der Waals surface area contributed by atoms with E-state index in [1.807, 2.05) is 0 Å². The Morgan fingerprint density at radius 2 is 2.29 bits per heavy atom. The highest BCUT2D eigenvalue weighted by atomic mass is 35.5. The average Bonchev–Trinajstić information content (AvgIpc) is 3.10. The van der Waals surface area contributed by atoms with Crippen LogP contribution in [-0.4, -0.2) is 29.5 Å². The van der Waals surface area contributed by atoms with Gasteiger partial charge in [-0.05, 0) is 49.7 Å². The van der Waals surface area contributed by atoms with Crippen molar-refractivity contribution < 1.29 is 0 Å². The van der Waals surface area contributed by atoms with Gasteiger partial charge in [0.1, 0.15) is 5.01 Å². The maximum absolute atomic E-state index is 5.69.